The summed E-state index contributed by atoms with van der Waals surface area (Å²) in [4.78, 5) is 20.6. The number of nitrogen functional groups attached to an aromatic ring is 1. The van der Waals surface area contributed by atoms with Crippen LogP contribution in [0.1, 0.15) is 22.8 Å². The third-order valence-electron chi connectivity index (χ3n) is 2.02. The third-order valence-corrected chi connectivity index (χ3v) is 2.02. The van der Waals surface area contributed by atoms with Crippen LogP contribution >= 0.6 is 0 Å². The Hall–Kier alpha value is -2.12. The van der Waals surface area contributed by atoms with Crippen molar-refractivity contribution in [3.63, 3.8) is 0 Å². The van der Waals surface area contributed by atoms with Crippen LogP contribution < -0.4 is 5.73 Å². The predicted molar refractivity (Wildman–Crippen MR) is 52.5 cm³/mol. The Balaban J connectivity index is 3.58. The molecule has 1 aromatic rings. The molecule has 5 nitrogen and oxygen atoms in total. The van der Waals surface area contributed by atoms with Crippen molar-refractivity contribution in [2.24, 2.45) is 0 Å². The van der Waals surface area contributed by atoms with Crippen LogP contribution in [-0.4, -0.2) is 10.7 Å². The molecule has 0 spiro atoms. The van der Waals surface area contributed by atoms with Crippen LogP contribution in [0.25, 0.3) is 0 Å². The van der Waals surface area contributed by atoms with Crippen LogP contribution in [0, 0.1) is 10.1 Å². The number of nitro groups is 1. The number of anilines is 1. The molecule has 1 rings (SSSR count). The van der Waals surface area contributed by atoms with E-state index >= 15 is 0 Å². The molecule has 92 valence electrons. The van der Waals surface area contributed by atoms with E-state index in [-0.39, 0.29) is 0 Å². The lowest BCUT2D eigenvalue weighted by Gasteiger charge is -2.10. The van der Waals surface area contributed by atoms with Crippen molar-refractivity contribution >= 4 is 17.2 Å². The van der Waals surface area contributed by atoms with Gasteiger partial charge < -0.3 is 5.73 Å². The number of rotatable bonds is 2. The maximum absolute atomic E-state index is 12.4. The van der Waals surface area contributed by atoms with E-state index in [1.165, 1.54) is 0 Å². The van der Waals surface area contributed by atoms with Gasteiger partial charge in [-0.25, -0.2) is 0 Å². The zero-order chi connectivity index (χ0) is 13.4. The monoisotopic (exact) mass is 248 g/mol. The standard InChI is InChI=1S/C9H7F3N2O3/c1-4(15)8-6(13)2-5(9(10,11)12)3-7(8)14(16)17/h2-3H,13H2,1H3. The van der Waals surface area contributed by atoms with Gasteiger partial charge in [-0.15, -0.1) is 0 Å². The first-order valence-corrected chi connectivity index (χ1v) is 4.30. The van der Waals surface area contributed by atoms with Gasteiger partial charge in [0, 0.05) is 11.8 Å². The summed E-state index contributed by atoms with van der Waals surface area (Å²) in [6.45, 7) is 0.992. The summed E-state index contributed by atoms with van der Waals surface area (Å²) in [6.07, 6.45) is -4.76. The fourth-order valence-corrected chi connectivity index (χ4v) is 1.34. The Morgan fingerprint density at radius 3 is 2.29 bits per heavy atom. The zero-order valence-corrected chi connectivity index (χ0v) is 8.54. The number of nitro benzene ring substituents is 1. The quantitative estimate of drug-likeness (QED) is 0.377. The lowest BCUT2D eigenvalue weighted by molar-refractivity contribution is -0.385. The van der Waals surface area contributed by atoms with Crippen LogP contribution in [0.3, 0.4) is 0 Å². The summed E-state index contributed by atoms with van der Waals surface area (Å²) in [5, 5.41) is 10.6. The first-order valence-electron chi connectivity index (χ1n) is 4.30. The fraction of sp³-hybridized carbons (Fsp3) is 0.222. The molecule has 0 saturated heterocycles. The first-order chi connectivity index (χ1) is 7.64. The van der Waals surface area contributed by atoms with E-state index in [9.17, 15) is 28.1 Å². The van der Waals surface area contributed by atoms with Crippen LogP contribution in [0.2, 0.25) is 0 Å². The molecule has 17 heavy (non-hydrogen) atoms. The summed E-state index contributed by atoms with van der Waals surface area (Å²) < 4.78 is 37.1. The highest BCUT2D eigenvalue weighted by atomic mass is 19.4. The van der Waals surface area contributed by atoms with E-state index in [1.54, 1.807) is 0 Å². The smallest absolute Gasteiger partial charge is 0.398 e. The van der Waals surface area contributed by atoms with Gasteiger partial charge in [0.05, 0.1) is 10.5 Å². The number of nitrogens with zero attached hydrogens (tertiary/aromatic N) is 1. The van der Waals surface area contributed by atoms with E-state index in [0.29, 0.717) is 12.1 Å². The summed E-state index contributed by atoms with van der Waals surface area (Å²) in [6, 6.07) is 0.802. The molecular formula is C9H7F3N2O3. The number of carbonyl (C=O) groups is 1. The van der Waals surface area contributed by atoms with Gasteiger partial charge in [0.2, 0.25) is 0 Å². The molecule has 0 saturated carbocycles. The van der Waals surface area contributed by atoms with E-state index in [0.717, 1.165) is 6.92 Å². The Morgan fingerprint density at radius 1 is 1.41 bits per heavy atom. The van der Waals surface area contributed by atoms with Crippen LogP contribution in [0.5, 0.6) is 0 Å². The molecular weight excluding hydrogens is 241 g/mol. The van der Waals surface area contributed by atoms with Gasteiger partial charge >= 0.3 is 6.18 Å². The number of ketones is 1. The SMILES string of the molecule is CC(=O)c1c(N)cc(C(F)(F)F)cc1[N+](=O)[O-]. The molecule has 0 aliphatic heterocycles. The van der Waals surface area contributed by atoms with E-state index in [1.807, 2.05) is 0 Å². The van der Waals surface area contributed by atoms with Crippen LogP contribution in [-0.2, 0) is 6.18 Å². The van der Waals surface area contributed by atoms with Crippen molar-refractivity contribution < 1.29 is 22.9 Å². The van der Waals surface area contributed by atoms with Crippen molar-refractivity contribution in [3.8, 4) is 0 Å². The predicted octanol–water partition coefficient (Wildman–Crippen LogP) is 2.40. The molecule has 1 aromatic carbocycles. The Morgan fingerprint density at radius 2 is 1.94 bits per heavy atom. The lowest BCUT2D eigenvalue weighted by Crippen LogP contribution is -2.11. The molecule has 0 heterocycles. The van der Waals surface area contributed by atoms with E-state index in [4.69, 9.17) is 5.73 Å². The van der Waals surface area contributed by atoms with Gasteiger partial charge in [-0.1, -0.05) is 0 Å². The molecule has 0 aromatic heterocycles. The highest BCUT2D eigenvalue weighted by molar-refractivity contribution is 6.03. The number of Topliss-reactive ketones (excluding diaryl/α,β-unsaturated/α-hetero) is 1. The number of carbonyl (C=O) groups excluding carboxylic acids is 1. The third kappa shape index (κ3) is 2.52. The minimum atomic E-state index is -4.76. The molecule has 0 amide bonds. The highest BCUT2D eigenvalue weighted by Gasteiger charge is 2.34. The van der Waals surface area contributed by atoms with E-state index in [2.05, 4.69) is 0 Å². The number of hydrogen-bond donors (Lipinski definition) is 1. The molecule has 0 unspecified atom stereocenters. The molecule has 0 aliphatic carbocycles. The largest absolute Gasteiger partial charge is 0.416 e. The average Bonchev–Trinajstić information content (AvgIpc) is 2.13. The Kier molecular flexibility index (Phi) is 3.08. The molecule has 2 N–H and O–H groups in total. The number of benzene rings is 1. The summed E-state index contributed by atoms with van der Waals surface area (Å²) in [5.74, 6) is -0.761. The second kappa shape index (κ2) is 4.04. The number of halogens is 3. The van der Waals surface area contributed by atoms with Gasteiger partial charge in [-0.05, 0) is 13.0 Å². The van der Waals surface area contributed by atoms with Gasteiger partial charge in [0.25, 0.3) is 5.69 Å². The first kappa shape index (κ1) is 12.9. The van der Waals surface area contributed by atoms with Gasteiger partial charge in [-0.3, -0.25) is 14.9 Å². The molecule has 8 heteroatoms. The summed E-state index contributed by atoms with van der Waals surface area (Å²) in [7, 11) is 0. The van der Waals surface area contributed by atoms with Crippen molar-refractivity contribution in [1.82, 2.24) is 0 Å². The van der Waals surface area contributed by atoms with Gasteiger partial charge in [0.15, 0.2) is 5.78 Å². The maximum Gasteiger partial charge on any atom is 0.416 e. The average molecular weight is 248 g/mol. The maximum atomic E-state index is 12.4. The zero-order valence-electron chi connectivity index (χ0n) is 8.54. The normalized spacial score (nSPS) is 11.3. The lowest BCUT2D eigenvalue weighted by atomic mass is 10.0. The number of nitrogens with two attached hydrogens (primary N) is 1. The Bertz CT molecular complexity index is 497. The number of alkyl halides is 3. The van der Waals surface area contributed by atoms with Crippen LogP contribution in [0.4, 0.5) is 24.5 Å². The topological polar surface area (TPSA) is 86.2 Å². The fourth-order valence-electron chi connectivity index (χ4n) is 1.34. The van der Waals surface area contributed by atoms with E-state index < -0.39 is 39.4 Å². The van der Waals surface area contributed by atoms with Gasteiger partial charge in [0.1, 0.15) is 5.56 Å². The Labute approximate surface area is 93.2 Å². The van der Waals surface area contributed by atoms with Crippen LogP contribution in [0.15, 0.2) is 12.1 Å². The molecule has 0 fully saturated rings. The van der Waals surface area contributed by atoms with Crippen molar-refractivity contribution in [2.75, 3.05) is 5.73 Å². The summed E-state index contributed by atoms with van der Waals surface area (Å²) in [5.41, 5.74) is 1.97. The second-order valence-corrected chi connectivity index (χ2v) is 3.27. The summed E-state index contributed by atoms with van der Waals surface area (Å²) >= 11 is 0. The second-order valence-electron chi connectivity index (χ2n) is 3.27. The molecule has 0 bridgehead atoms. The van der Waals surface area contributed by atoms with Crippen molar-refractivity contribution in [1.29, 1.82) is 0 Å². The minimum Gasteiger partial charge on any atom is -0.398 e. The minimum absolute atomic E-state index is 0.299. The van der Waals surface area contributed by atoms with Crippen molar-refractivity contribution in [3.05, 3.63) is 33.4 Å². The molecule has 0 radical (unpaired) electrons. The van der Waals surface area contributed by atoms with Crippen molar-refractivity contribution in [2.45, 2.75) is 13.1 Å². The molecule has 0 atom stereocenters. The molecule has 0 aliphatic rings. The highest BCUT2D eigenvalue weighted by Crippen LogP contribution is 2.36. The number of hydrogen-bond acceptors (Lipinski definition) is 4. The van der Waals surface area contributed by atoms with Gasteiger partial charge in [-0.2, -0.15) is 13.2 Å².